The number of morpholine rings is 1. The highest BCUT2D eigenvalue weighted by molar-refractivity contribution is 5.81. The molecule has 2 N–H and O–H groups in total. The van der Waals surface area contributed by atoms with Gasteiger partial charge in [-0.15, -0.1) is 0 Å². The Kier molecular flexibility index (Phi) is 12.7. The number of hydrogen-bond donors (Lipinski definition) is 2. The fraction of sp³-hybridized carbons (Fsp3) is 0.870. The SMILES string of the molecule is O=C(O)C(F)(F)F.O=C(O)C(F)(F)F.O=C([C@@H]1C[C@@H]2CCN(CCN3CCCCC3)C[C@H]2O1)N1CCOCC1. The molecule has 0 radical (unpaired) electrons. The van der Waals surface area contributed by atoms with Crippen molar-refractivity contribution in [3.05, 3.63) is 0 Å². The van der Waals surface area contributed by atoms with E-state index in [1.807, 2.05) is 4.90 Å². The fourth-order valence-corrected chi connectivity index (χ4v) is 4.81. The van der Waals surface area contributed by atoms with E-state index >= 15 is 0 Å². The molecular weight excluding hydrogens is 544 g/mol. The van der Waals surface area contributed by atoms with E-state index in [0.29, 0.717) is 19.1 Å². The number of carboxylic acids is 2. The predicted molar refractivity (Wildman–Crippen MR) is 123 cm³/mol. The van der Waals surface area contributed by atoms with Gasteiger partial charge in [-0.2, -0.15) is 26.3 Å². The summed E-state index contributed by atoms with van der Waals surface area (Å²) in [6.45, 7) is 9.81. The molecule has 4 rings (SSSR count). The van der Waals surface area contributed by atoms with E-state index in [1.165, 1.54) is 45.3 Å². The molecule has 226 valence electrons. The molecular formula is C23H35F6N3O7. The van der Waals surface area contributed by atoms with E-state index in [9.17, 15) is 31.1 Å². The molecule has 0 spiro atoms. The summed E-state index contributed by atoms with van der Waals surface area (Å²) in [5.74, 6) is -4.75. The lowest BCUT2D eigenvalue weighted by molar-refractivity contribution is -0.193. The number of carboxylic acid groups (broad SMARTS) is 2. The van der Waals surface area contributed by atoms with Crippen molar-refractivity contribution in [3.8, 4) is 0 Å². The van der Waals surface area contributed by atoms with Crippen LogP contribution in [0.25, 0.3) is 0 Å². The first kappa shape index (κ1) is 33.0. The lowest BCUT2D eigenvalue weighted by Crippen LogP contribution is -2.47. The summed E-state index contributed by atoms with van der Waals surface area (Å²) in [7, 11) is 0. The second kappa shape index (κ2) is 15.0. The van der Waals surface area contributed by atoms with Crippen molar-refractivity contribution in [2.24, 2.45) is 5.92 Å². The van der Waals surface area contributed by atoms with Gasteiger partial charge in [0.05, 0.1) is 19.3 Å². The molecule has 16 heteroatoms. The molecule has 4 heterocycles. The summed E-state index contributed by atoms with van der Waals surface area (Å²) in [6, 6.07) is 0. The topological polar surface area (TPSA) is 120 Å². The van der Waals surface area contributed by atoms with Crippen LogP contribution in [-0.4, -0.2) is 133 Å². The van der Waals surface area contributed by atoms with E-state index < -0.39 is 24.3 Å². The van der Waals surface area contributed by atoms with Crippen LogP contribution in [0, 0.1) is 5.92 Å². The molecule has 0 aliphatic carbocycles. The molecule has 0 saturated carbocycles. The number of hydrogen-bond acceptors (Lipinski definition) is 7. The molecule has 39 heavy (non-hydrogen) atoms. The van der Waals surface area contributed by atoms with Gasteiger partial charge in [0.15, 0.2) is 0 Å². The Morgan fingerprint density at radius 1 is 0.769 bits per heavy atom. The van der Waals surface area contributed by atoms with Crippen molar-refractivity contribution < 1.29 is 60.4 Å². The van der Waals surface area contributed by atoms with Crippen molar-refractivity contribution in [3.63, 3.8) is 0 Å². The lowest BCUT2D eigenvalue weighted by atomic mass is 9.91. The zero-order chi connectivity index (χ0) is 29.2. The average molecular weight is 580 g/mol. The van der Waals surface area contributed by atoms with Crippen LogP contribution in [0.5, 0.6) is 0 Å². The van der Waals surface area contributed by atoms with E-state index in [2.05, 4.69) is 9.80 Å². The second-order valence-electron chi connectivity index (χ2n) is 9.69. The number of fused-ring (bicyclic) bond motifs is 1. The zero-order valence-corrected chi connectivity index (χ0v) is 21.4. The van der Waals surface area contributed by atoms with Crippen LogP contribution >= 0.6 is 0 Å². The number of piperidine rings is 2. The van der Waals surface area contributed by atoms with Crippen molar-refractivity contribution in [1.29, 1.82) is 0 Å². The predicted octanol–water partition coefficient (Wildman–Crippen LogP) is 2.08. The van der Waals surface area contributed by atoms with Crippen LogP contribution in [0.1, 0.15) is 32.1 Å². The number of ether oxygens (including phenoxy) is 2. The maximum Gasteiger partial charge on any atom is 0.490 e. The number of amides is 1. The Hall–Kier alpha value is -2.17. The molecule has 1 amide bonds. The van der Waals surface area contributed by atoms with E-state index in [0.717, 1.165) is 39.1 Å². The first-order valence-electron chi connectivity index (χ1n) is 12.8. The summed E-state index contributed by atoms with van der Waals surface area (Å²) in [5.41, 5.74) is 0. The molecule has 0 aromatic rings. The number of carbonyl (C=O) groups is 3. The number of alkyl halides is 6. The fourth-order valence-electron chi connectivity index (χ4n) is 4.81. The summed E-state index contributed by atoms with van der Waals surface area (Å²) >= 11 is 0. The highest BCUT2D eigenvalue weighted by Crippen LogP contribution is 2.34. The first-order chi connectivity index (χ1) is 18.2. The molecule has 0 unspecified atom stereocenters. The maximum absolute atomic E-state index is 12.7. The number of carbonyl (C=O) groups excluding carboxylic acids is 1. The van der Waals surface area contributed by atoms with Crippen LogP contribution < -0.4 is 0 Å². The Morgan fingerprint density at radius 3 is 1.79 bits per heavy atom. The third-order valence-corrected chi connectivity index (χ3v) is 6.90. The molecule has 4 aliphatic rings. The van der Waals surface area contributed by atoms with Crippen LogP contribution in [0.4, 0.5) is 26.3 Å². The minimum atomic E-state index is -5.08. The van der Waals surface area contributed by atoms with Gasteiger partial charge in [-0.3, -0.25) is 9.69 Å². The van der Waals surface area contributed by atoms with Gasteiger partial charge in [0.1, 0.15) is 6.10 Å². The standard InChI is InChI=1S/C19H33N3O3.2C2HF3O2/c23-19(22-10-12-24-13-11-22)17-14-16-4-7-21(15-18(16)25-17)9-8-20-5-2-1-3-6-20;2*3-2(4,5)1(6)7/h16-18H,1-15H2;2*(H,6,7)/t16-,17-,18+;;/m0../s1. The number of halogens is 6. The van der Waals surface area contributed by atoms with E-state index in [1.54, 1.807) is 0 Å². The molecule has 3 atom stereocenters. The second-order valence-corrected chi connectivity index (χ2v) is 9.69. The average Bonchev–Trinajstić information content (AvgIpc) is 3.31. The Balaban J connectivity index is 0.000000317. The number of rotatable bonds is 4. The molecule has 4 fully saturated rings. The third kappa shape index (κ3) is 11.5. The zero-order valence-electron chi connectivity index (χ0n) is 21.4. The normalized spacial score (nSPS) is 26.4. The monoisotopic (exact) mass is 579 g/mol. The maximum atomic E-state index is 12.7. The van der Waals surface area contributed by atoms with Gasteiger partial charge in [0, 0.05) is 32.7 Å². The minimum Gasteiger partial charge on any atom is -0.475 e. The Morgan fingerprint density at radius 2 is 1.28 bits per heavy atom. The smallest absolute Gasteiger partial charge is 0.475 e. The first-order valence-corrected chi connectivity index (χ1v) is 12.8. The van der Waals surface area contributed by atoms with Crippen LogP contribution in [0.2, 0.25) is 0 Å². The molecule has 4 aliphatic heterocycles. The van der Waals surface area contributed by atoms with Gasteiger partial charge in [-0.1, -0.05) is 6.42 Å². The van der Waals surface area contributed by atoms with Gasteiger partial charge in [-0.25, -0.2) is 9.59 Å². The highest BCUT2D eigenvalue weighted by atomic mass is 19.4. The van der Waals surface area contributed by atoms with E-state index in [4.69, 9.17) is 29.3 Å². The van der Waals surface area contributed by atoms with E-state index in [-0.39, 0.29) is 18.1 Å². The summed E-state index contributed by atoms with van der Waals surface area (Å²) in [4.78, 5) is 37.6. The molecule has 0 aromatic heterocycles. The quantitative estimate of drug-likeness (QED) is 0.483. The molecule has 10 nitrogen and oxygen atoms in total. The summed E-state index contributed by atoms with van der Waals surface area (Å²) in [6.07, 6.45) is -3.91. The minimum absolute atomic E-state index is 0.192. The van der Waals surface area contributed by atoms with Crippen molar-refractivity contribution in [2.45, 2.75) is 56.7 Å². The van der Waals surface area contributed by atoms with Crippen LogP contribution in [0.3, 0.4) is 0 Å². The summed E-state index contributed by atoms with van der Waals surface area (Å²) < 4.78 is 75.0. The highest BCUT2D eigenvalue weighted by Gasteiger charge is 2.43. The van der Waals surface area contributed by atoms with Crippen molar-refractivity contribution in [2.75, 3.05) is 65.6 Å². The van der Waals surface area contributed by atoms with Gasteiger partial charge in [-0.05, 0) is 51.2 Å². The van der Waals surface area contributed by atoms with Crippen molar-refractivity contribution in [1.82, 2.24) is 14.7 Å². The van der Waals surface area contributed by atoms with Crippen molar-refractivity contribution >= 4 is 17.8 Å². The molecule has 0 aromatic carbocycles. The Labute approximate surface area is 221 Å². The van der Waals surface area contributed by atoms with Gasteiger partial charge < -0.3 is 29.5 Å². The molecule has 4 saturated heterocycles. The largest absolute Gasteiger partial charge is 0.490 e. The lowest BCUT2D eigenvalue weighted by Gasteiger charge is -2.36. The van der Waals surface area contributed by atoms with Gasteiger partial charge in [0.25, 0.3) is 5.91 Å². The van der Waals surface area contributed by atoms with Gasteiger partial charge >= 0.3 is 24.3 Å². The number of nitrogens with zero attached hydrogens (tertiary/aromatic N) is 3. The number of likely N-dealkylation sites (tertiary alicyclic amines) is 2. The third-order valence-electron chi connectivity index (χ3n) is 6.90. The van der Waals surface area contributed by atoms with Crippen LogP contribution in [0.15, 0.2) is 0 Å². The summed E-state index contributed by atoms with van der Waals surface area (Å²) in [5, 5.41) is 14.2. The number of aliphatic carboxylic acids is 2. The Bertz CT molecular complexity index is 778. The molecule has 0 bridgehead atoms. The van der Waals surface area contributed by atoms with Gasteiger partial charge in [0.2, 0.25) is 0 Å². The van der Waals surface area contributed by atoms with Crippen LogP contribution in [-0.2, 0) is 23.9 Å².